The Labute approximate surface area is 187 Å². The van der Waals surface area contributed by atoms with Gasteiger partial charge < -0.3 is 21.1 Å². The highest BCUT2D eigenvalue weighted by atomic mass is 19.4. The Morgan fingerprint density at radius 3 is 2.39 bits per heavy atom. The number of hydrogen-bond donors (Lipinski definition) is 3. The fourth-order valence-electron chi connectivity index (χ4n) is 3.26. The van der Waals surface area contributed by atoms with E-state index in [4.69, 9.17) is 5.73 Å². The highest BCUT2D eigenvalue weighted by Gasteiger charge is 2.31. The number of nitrogens with two attached hydrogens (primary N) is 1. The van der Waals surface area contributed by atoms with Crippen LogP contribution in [0.4, 0.5) is 30.6 Å². The van der Waals surface area contributed by atoms with Crippen molar-refractivity contribution in [3.05, 3.63) is 66.4 Å². The van der Waals surface area contributed by atoms with Gasteiger partial charge in [0.2, 0.25) is 5.95 Å². The lowest BCUT2D eigenvalue weighted by Crippen LogP contribution is -2.40. The second kappa shape index (κ2) is 8.58. The molecule has 2 aromatic carbocycles. The van der Waals surface area contributed by atoms with Crippen molar-refractivity contribution in [2.75, 3.05) is 17.2 Å². The smallest absolute Gasteiger partial charge is 0.406 e. The SMILES string of the molecule is Cn1ncc2c(Nc3ccc(OC(F)(F)F)cc3)nc(NCC(C)(N)c3ccccc3)nc21. The summed E-state index contributed by atoms with van der Waals surface area (Å²) in [5.74, 6) is 0.463. The molecule has 0 radical (unpaired) electrons. The molecule has 0 aliphatic carbocycles. The van der Waals surface area contributed by atoms with E-state index in [1.54, 1.807) is 17.9 Å². The van der Waals surface area contributed by atoms with Crippen molar-refractivity contribution in [1.29, 1.82) is 0 Å². The van der Waals surface area contributed by atoms with Gasteiger partial charge in [-0.2, -0.15) is 15.1 Å². The van der Waals surface area contributed by atoms with Gasteiger partial charge in [-0.25, -0.2) is 0 Å². The van der Waals surface area contributed by atoms with Crippen LogP contribution in [0.2, 0.25) is 0 Å². The number of nitrogens with zero attached hydrogens (tertiary/aromatic N) is 4. The van der Waals surface area contributed by atoms with E-state index in [-0.39, 0.29) is 5.75 Å². The van der Waals surface area contributed by atoms with E-state index in [2.05, 4.69) is 30.4 Å². The first-order valence-corrected chi connectivity index (χ1v) is 10.0. The van der Waals surface area contributed by atoms with Crippen LogP contribution >= 0.6 is 0 Å². The van der Waals surface area contributed by atoms with Gasteiger partial charge in [-0.3, -0.25) is 4.68 Å². The number of ether oxygens (including phenoxy) is 1. The van der Waals surface area contributed by atoms with Crippen molar-refractivity contribution in [1.82, 2.24) is 19.7 Å². The van der Waals surface area contributed by atoms with Gasteiger partial charge in [-0.05, 0) is 36.8 Å². The highest BCUT2D eigenvalue weighted by Crippen LogP contribution is 2.28. The number of alkyl halides is 3. The fourth-order valence-corrected chi connectivity index (χ4v) is 3.26. The van der Waals surface area contributed by atoms with Gasteiger partial charge in [0.05, 0.1) is 17.1 Å². The average Bonchev–Trinajstić information content (AvgIpc) is 3.14. The van der Waals surface area contributed by atoms with Crippen molar-refractivity contribution in [2.24, 2.45) is 12.8 Å². The number of anilines is 3. The number of nitrogens with one attached hydrogen (secondary N) is 2. The Balaban J connectivity index is 1.57. The highest BCUT2D eigenvalue weighted by molar-refractivity contribution is 5.89. The summed E-state index contributed by atoms with van der Waals surface area (Å²) in [7, 11) is 1.75. The van der Waals surface area contributed by atoms with Crippen LogP contribution in [0.25, 0.3) is 11.0 Å². The first kappa shape index (κ1) is 22.3. The van der Waals surface area contributed by atoms with Crippen LogP contribution in [0.3, 0.4) is 0 Å². The van der Waals surface area contributed by atoms with E-state index in [0.717, 1.165) is 5.56 Å². The molecule has 2 aromatic heterocycles. The van der Waals surface area contributed by atoms with Crippen LogP contribution in [0.5, 0.6) is 5.75 Å². The third kappa shape index (κ3) is 5.32. The molecule has 33 heavy (non-hydrogen) atoms. The minimum Gasteiger partial charge on any atom is -0.406 e. The minimum atomic E-state index is -4.75. The molecule has 1 atom stereocenters. The molecule has 0 fully saturated rings. The number of rotatable bonds is 7. The van der Waals surface area contributed by atoms with Gasteiger partial charge in [0.1, 0.15) is 11.6 Å². The van der Waals surface area contributed by atoms with E-state index in [1.807, 2.05) is 37.3 Å². The lowest BCUT2D eigenvalue weighted by atomic mass is 9.93. The molecular formula is C22H22F3N7O. The van der Waals surface area contributed by atoms with E-state index < -0.39 is 11.9 Å². The Hall–Kier alpha value is -3.86. The van der Waals surface area contributed by atoms with E-state index >= 15 is 0 Å². The molecule has 0 aliphatic rings. The number of fused-ring (bicyclic) bond motifs is 1. The van der Waals surface area contributed by atoms with Crippen molar-refractivity contribution >= 4 is 28.5 Å². The third-order valence-electron chi connectivity index (χ3n) is 4.99. The van der Waals surface area contributed by atoms with Crippen molar-refractivity contribution in [3.63, 3.8) is 0 Å². The molecule has 4 rings (SSSR count). The lowest BCUT2D eigenvalue weighted by molar-refractivity contribution is -0.274. The summed E-state index contributed by atoms with van der Waals surface area (Å²) in [5.41, 5.74) is 7.86. The average molecular weight is 457 g/mol. The molecule has 0 saturated heterocycles. The molecule has 0 spiro atoms. The Morgan fingerprint density at radius 1 is 1.03 bits per heavy atom. The molecule has 0 saturated carbocycles. The van der Waals surface area contributed by atoms with E-state index in [1.165, 1.54) is 24.3 Å². The summed E-state index contributed by atoms with van der Waals surface area (Å²) >= 11 is 0. The van der Waals surface area contributed by atoms with Gasteiger partial charge in [-0.1, -0.05) is 30.3 Å². The van der Waals surface area contributed by atoms with Gasteiger partial charge in [0.25, 0.3) is 0 Å². The molecule has 0 amide bonds. The third-order valence-corrected chi connectivity index (χ3v) is 4.99. The van der Waals surface area contributed by atoms with Gasteiger partial charge in [0, 0.05) is 19.3 Å². The molecule has 0 aliphatic heterocycles. The predicted molar refractivity (Wildman–Crippen MR) is 119 cm³/mol. The standard InChI is InChI=1S/C22H22F3N7O/c1-21(26,14-6-4-3-5-7-14)13-27-20-30-18(17-12-28-32(2)19(17)31-20)29-15-8-10-16(11-9-15)33-22(23,24)25/h3-12H,13,26H2,1-2H3,(H2,27,29,30,31). The maximum Gasteiger partial charge on any atom is 0.573 e. The summed E-state index contributed by atoms with van der Waals surface area (Å²) in [5, 5.41) is 11.2. The van der Waals surface area contributed by atoms with Crippen molar-refractivity contribution in [3.8, 4) is 5.75 Å². The predicted octanol–water partition coefficient (Wildman–Crippen LogP) is 4.29. The lowest BCUT2D eigenvalue weighted by Gasteiger charge is -2.25. The quantitative estimate of drug-likeness (QED) is 0.380. The summed E-state index contributed by atoms with van der Waals surface area (Å²) in [6.07, 6.45) is -3.14. The van der Waals surface area contributed by atoms with Crippen LogP contribution in [-0.2, 0) is 12.6 Å². The molecular weight excluding hydrogens is 435 g/mol. The summed E-state index contributed by atoms with van der Waals surface area (Å²) in [4.78, 5) is 9.06. The zero-order valence-corrected chi connectivity index (χ0v) is 17.9. The zero-order valence-electron chi connectivity index (χ0n) is 17.9. The second-order valence-electron chi connectivity index (χ2n) is 7.74. The molecule has 4 N–H and O–H groups in total. The van der Waals surface area contributed by atoms with E-state index in [9.17, 15) is 13.2 Å². The van der Waals surface area contributed by atoms with Gasteiger partial charge in [0.15, 0.2) is 5.65 Å². The molecule has 2 heterocycles. The Kier molecular flexibility index (Phi) is 5.81. The summed E-state index contributed by atoms with van der Waals surface area (Å²) < 4.78 is 42.7. The van der Waals surface area contributed by atoms with Crippen LogP contribution < -0.4 is 21.1 Å². The fraction of sp³-hybridized carbons (Fsp3) is 0.227. The molecule has 172 valence electrons. The molecule has 1 unspecified atom stereocenters. The normalized spacial score (nSPS) is 13.5. The largest absolute Gasteiger partial charge is 0.573 e. The molecule has 4 aromatic rings. The maximum absolute atomic E-state index is 12.4. The van der Waals surface area contributed by atoms with Crippen molar-refractivity contribution in [2.45, 2.75) is 18.8 Å². The molecule has 11 heteroatoms. The minimum absolute atomic E-state index is 0.312. The zero-order chi connectivity index (χ0) is 23.6. The van der Waals surface area contributed by atoms with Crippen LogP contribution in [-0.4, -0.2) is 32.7 Å². The van der Waals surface area contributed by atoms with Gasteiger partial charge >= 0.3 is 6.36 Å². The van der Waals surface area contributed by atoms with Crippen LogP contribution in [0, 0.1) is 0 Å². The monoisotopic (exact) mass is 457 g/mol. The first-order chi connectivity index (χ1) is 15.6. The molecule has 0 bridgehead atoms. The van der Waals surface area contributed by atoms with Gasteiger partial charge in [-0.15, -0.1) is 13.2 Å². The number of benzene rings is 2. The van der Waals surface area contributed by atoms with Crippen LogP contribution in [0.1, 0.15) is 12.5 Å². The Bertz CT molecular complexity index is 1240. The number of aromatic nitrogens is 4. The second-order valence-corrected chi connectivity index (χ2v) is 7.74. The topological polar surface area (TPSA) is 103 Å². The maximum atomic E-state index is 12.4. The number of hydrogen-bond acceptors (Lipinski definition) is 7. The number of halogens is 3. The summed E-state index contributed by atoms with van der Waals surface area (Å²) in [6, 6.07) is 15.0. The van der Waals surface area contributed by atoms with Crippen molar-refractivity contribution < 1.29 is 17.9 Å². The van der Waals surface area contributed by atoms with Crippen LogP contribution in [0.15, 0.2) is 60.8 Å². The Morgan fingerprint density at radius 2 is 1.73 bits per heavy atom. The number of aryl methyl sites for hydroxylation is 1. The first-order valence-electron chi connectivity index (χ1n) is 10.0. The van der Waals surface area contributed by atoms with E-state index in [0.29, 0.717) is 35.0 Å². The molecule has 8 nitrogen and oxygen atoms in total. The summed E-state index contributed by atoms with van der Waals surface area (Å²) in [6.45, 7) is 2.27.